The van der Waals surface area contributed by atoms with Crippen molar-refractivity contribution >= 4 is 148 Å². The Kier molecular flexibility index (Phi) is 21.4. The molecule has 2 aliphatic rings. The summed E-state index contributed by atoms with van der Waals surface area (Å²) in [7, 11) is 7.60. The molecule has 406 valence electrons. The average molecular weight is 1160 g/mol. The van der Waals surface area contributed by atoms with Gasteiger partial charge in [0, 0.05) is 73.5 Å². The largest absolute Gasteiger partial charge is 0.505 e. The molecule has 6 N–H and O–H groups in total. The number of carbonyl (C=O) groups is 10. The summed E-state index contributed by atoms with van der Waals surface area (Å²) in [6.45, 7) is -1.39. The standard InChI is InChI=1S/C48H56N10O12S6/c1-55-31-23-75-76-24-32(46(68)58(4)34(22-72-6)48(70)74-19-29(41(63)49-17-37(55)61)53-43(65)39-35(59)15-25-11-7-9-13-27(25)51-39)56(2)38(62)18-50-42(64)30(20-73-47(69)33(21-71-5)57(3)45(31)67)54-44(66)40-36(60)16-26-12-8-10-14-28(26)52-40/h7-16,29-34,59-60H,17-24H2,1-6H3,(H,49,63)(H,50,64)(H,53,65)(H,54,66)/t29?,30?,31?,32?,33-,34-/m0/s1. The lowest BCUT2D eigenvalue weighted by molar-refractivity contribution is -0.144. The predicted molar refractivity (Wildman–Crippen MR) is 298 cm³/mol. The molecule has 8 amide bonds. The fraction of sp³-hybridized carbons (Fsp3) is 0.417. The molecule has 0 aliphatic carbocycles. The number of thioether (sulfide) groups is 4. The molecule has 6 rings (SSSR count). The van der Waals surface area contributed by atoms with Crippen LogP contribution in [0.1, 0.15) is 21.0 Å². The third-order valence-electron chi connectivity index (χ3n) is 12.3. The quantitative estimate of drug-likeness (QED) is 0.136. The zero-order valence-corrected chi connectivity index (χ0v) is 46.9. The second kappa shape index (κ2) is 27.4. The third kappa shape index (κ3) is 14.5. The van der Waals surface area contributed by atoms with E-state index in [1.807, 2.05) is 0 Å². The molecule has 2 aromatic heterocycles. The van der Waals surface area contributed by atoms with E-state index in [-0.39, 0.29) is 23.0 Å². The van der Waals surface area contributed by atoms with Gasteiger partial charge in [0.25, 0.3) is 11.8 Å². The minimum atomic E-state index is -1.53. The first-order valence-corrected chi connectivity index (χ1v) is 30.5. The van der Waals surface area contributed by atoms with Crippen LogP contribution in [0.15, 0.2) is 60.7 Å². The number of aromatic hydroxyl groups is 2. The van der Waals surface area contributed by atoms with E-state index in [0.29, 0.717) is 45.3 Å². The van der Waals surface area contributed by atoms with Crippen LogP contribution < -0.4 is 21.3 Å². The molecule has 22 nitrogen and oxygen atoms in total. The highest BCUT2D eigenvalue weighted by atomic mass is 33.1. The molecular weight excluding hydrogens is 1100 g/mol. The highest BCUT2D eigenvalue weighted by Crippen LogP contribution is 2.30. The van der Waals surface area contributed by atoms with Crippen molar-refractivity contribution in [1.82, 2.24) is 50.8 Å². The van der Waals surface area contributed by atoms with E-state index in [1.54, 1.807) is 61.0 Å². The van der Waals surface area contributed by atoms with E-state index in [0.717, 1.165) is 31.4 Å². The van der Waals surface area contributed by atoms with Gasteiger partial charge in [0.05, 0.1) is 24.1 Å². The lowest BCUT2D eigenvalue weighted by Gasteiger charge is -2.35. The minimum Gasteiger partial charge on any atom is -0.505 e. The van der Waals surface area contributed by atoms with Gasteiger partial charge >= 0.3 is 0 Å². The zero-order chi connectivity index (χ0) is 55.4. The van der Waals surface area contributed by atoms with E-state index in [9.17, 15) is 58.2 Å². The first-order chi connectivity index (χ1) is 36.2. The molecule has 6 atom stereocenters. The molecule has 4 unspecified atom stereocenters. The number of nitrogens with zero attached hydrogens (tertiary/aromatic N) is 6. The maximum absolute atomic E-state index is 14.7. The second-order valence-corrected chi connectivity index (χ2v) is 23.7. The van der Waals surface area contributed by atoms with Crippen LogP contribution in [0.2, 0.25) is 0 Å². The van der Waals surface area contributed by atoms with Gasteiger partial charge in [-0.3, -0.25) is 47.9 Å². The molecule has 2 saturated heterocycles. The van der Waals surface area contributed by atoms with E-state index in [4.69, 9.17) is 0 Å². The number of likely N-dealkylation sites (N-methyl/N-ethyl adjacent to an activating group) is 4. The van der Waals surface area contributed by atoms with Crippen LogP contribution in [0.25, 0.3) is 21.8 Å². The topological polar surface area (TPSA) is 298 Å². The van der Waals surface area contributed by atoms with Crippen molar-refractivity contribution in [1.29, 1.82) is 0 Å². The summed E-state index contributed by atoms with van der Waals surface area (Å²) in [5, 5.41) is 31.6. The van der Waals surface area contributed by atoms with Crippen LogP contribution in [0.3, 0.4) is 0 Å². The number of pyridine rings is 2. The summed E-state index contributed by atoms with van der Waals surface area (Å²) < 4.78 is 0. The molecule has 2 fully saturated rings. The molecule has 2 bridgehead atoms. The van der Waals surface area contributed by atoms with Gasteiger partial charge in [0.1, 0.15) is 47.8 Å². The van der Waals surface area contributed by atoms with Gasteiger partial charge in [-0.15, -0.1) is 0 Å². The number of hydrogen-bond acceptors (Lipinski definition) is 20. The van der Waals surface area contributed by atoms with E-state index < -0.39 is 141 Å². The van der Waals surface area contributed by atoms with Crippen LogP contribution >= 0.6 is 68.6 Å². The summed E-state index contributed by atoms with van der Waals surface area (Å²) in [6.07, 6.45) is 3.42. The summed E-state index contributed by atoms with van der Waals surface area (Å²) in [5.41, 5.74) is -0.102. The van der Waals surface area contributed by atoms with Crippen molar-refractivity contribution in [3.63, 3.8) is 0 Å². The van der Waals surface area contributed by atoms with Crippen LogP contribution in [0.4, 0.5) is 0 Å². The Hall–Kier alpha value is -5.94. The maximum atomic E-state index is 14.7. The lowest BCUT2D eigenvalue weighted by Crippen LogP contribution is -2.57. The van der Waals surface area contributed by atoms with Crippen LogP contribution in [0.5, 0.6) is 11.5 Å². The lowest BCUT2D eigenvalue weighted by atomic mass is 10.1. The summed E-state index contributed by atoms with van der Waals surface area (Å²) in [4.78, 5) is 155. The average Bonchev–Trinajstić information content (AvgIpc) is 3.41. The van der Waals surface area contributed by atoms with Crippen molar-refractivity contribution in [3.05, 3.63) is 72.1 Å². The third-order valence-corrected chi connectivity index (χ3v) is 18.1. The molecule has 2 aromatic carbocycles. The minimum absolute atomic E-state index is 0.0598. The van der Waals surface area contributed by atoms with Crippen LogP contribution in [-0.2, 0) is 38.4 Å². The number of hydrogen-bond donors (Lipinski definition) is 6. The van der Waals surface area contributed by atoms with Gasteiger partial charge in [-0.1, -0.05) is 81.5 Å². The molecule has 4 aromatic rings. The van der Waals surface area contributed by atoms with Gasteiger partial charge in [0.2, 0.25) is 45.7 Å². The van der Waals surface area contributed by atoms with Crippen molar-refractivity contribution < 1.29 is 58.2 Å². The smallest absolute Gasteiger partial charge is 0.274 e. The van der Waals surface area contributed by atoms with Gasteiger partial charge in [-0.05, 0) is 36.8 Å². The number of para-hydroxylation sites is 2. The first kappa shape index (κ1) is 59.3. The van der Waals surface area contributed by atoms with Gasteiger partial charge < -0.3 is 51.1 Å². The van der Waals surface area contributed by atoms with Crippen LogP contribution in [-0.4, -0.2) is 222 Å². The number of fused-ring (bicyclic) bond motifs is 7. The number of rotatable bonds is 8. The number of amides is 8. The Morgan fingerprint density at radius 1 is 0.592 bits per heavy atom. The van der Waals surface area contributed by atoms with Crippen molar-refractivity contribution in [3.8, 4) is 11.5 Å². The van der Waals surface area contributed by atoms with Gasteiger partial charge in [0.15, 0.2) is 11.4 Å². The Morgan fingerprint density at radius 2 is 0.961 bits per heavy atom. The van der Waals surface area contributed by atoms with E-state index in [2.05, 4.69) is 31.2 Å². The van der Waals surface area contributed by atoms with Gasteiger partial charge in [-0.2, -0.15) is 23.5 Å². The van der Waals surface area contributed by atoms with Crippen LogP contribution in [0, 0.1) is 0 Å². The summed E-state index contributed by atoms with van der Waals surface area (Å²) in [6, 6.07) is 8.07. The fourth-order valence-electron chi connectivity index (χ4n) is 7.75. The van der Waals surface area contributed by atoms with Crippen molar-refractivity contribution in [2.24, 2.45) is 0 Å². The summed E-state index contributed by atoms with van der Waals surface area (Å²) >= 11 is 3.71. The highest BCUT2D eigenvalue weighted by Gasteiger charge is 2.39. The van der Waals surface area contributed by atoms with E-state index in [1.165, 1.54) is 73.6 Å². The highest BCUT2D eigenvalue weighted by molar-refractivity contribution is 8.76. The monoisotopic (exact) mass is 1160 g/mol. The fourth-order valence-corrected chi connectivity index (χ4v) is 13.9. The zero-order valence-electron chi connectivity index (χ0n) is 42.0. The molecule has 28 heteroatoms. The van der Waals surface area contributed by atoms with E-state index >= 15 is 0 Å². The molecule has 0 spiro atoms. The number of aromatic nitrogens is 2. The van der Waals surface area contributed by atoms with Crippen molar-refractivity contribution in [2.45, 2.75) is 36.3 Å². The first-order valence-electron chi connectivity index (χ1n) is 23.2. The van der Waals surface area contributed by atoms with Gasteiger partial charge in [-0.25, -0.2) is 9.97 Å². The normalized spacial score (nSPS) is 22.8. The summed E-state index contributed by atoms with van der Waals surface area (Å²) in [5.74, 6) is -8.66. The molecule has 0 radical (unpaired) electrons. The molecule has 76 heavy (non-hydrogen) atoms. The second-order valence-electron chi connectivity index (χ2n) is 17.3. The Labute approximate surface area is 462 Å². The number of carbonyl (C=O) groups excluding carboxylic acids is 10. The SMILES string of the molecule is CSC[C@H]1C(=O)SCC(NC(=O)c2nc3ccccc3cc2O)C(=O)NCC(=O)N(C)C2CSSCC(C(=O)N1C)N(C)C(=O)CNC(=O)C(NC(=O)c1nc3ccccc3cc1O)CSC(=O)[C@H](CSC)N(C)C2=O. The molecule has 4 heterocycles. The number of benzene rings is 2. The van der Waals surface area contributed by atoms with Crippen molar-refractivity contribution in [2.75, 3.05) is 88.3 Å². The Bertz CT molecular complexity index is 2710. The maximum Gasteiger partial charge on any atom is 0.274 e. The molecule has 0 saturated carbocycles. The number of nitrogens with one attached hydrogen (secondary N) is 4. The predicted octanol–water partition coefficient (Wildman–Crippen LogP) is 1.29. The molecule has 2 aliphatic heterocycles. The Balaban J connectivity index is 1.36. The Morgan fingerprint density at radius 3 is 1.33 bits per heavy atom. The molecular formula is C48H56N10O12S6.